The van der Waals surface area contributed by atoms with E-state index in [2.05, 4.69) is 21.3 Å². The van der Waals surface area contributed by atoms with Gasteiger partial charge in [-0.15, -0.1) is 0 Å². The van der Waals surface area contributed by atoms with Crippen LogP contribution < -0.4 is 16.1 Å². The molecule has 2 amide bonds. The summed E-state index contributed by atoms with van der Waals surface area (Å²) < 4.78 is 0. The molecule has 0 bridgehead atoms. The first-order chi connectivity index (χ1) is 13.3. The van der Waals surface area contributed by atoms with Gasteiger partial charge < -0.3 is 10.2 Å². The first-order valence-corrected chi connectivity index (χ1v) is 9.01. The van der Waals surface area contributed by atoms with Crippen molar-refractivity contribution < 1.29 is 14.5 Å². The van der Waals surface area contributed by atoms with Gasteiger partial charge in [0.25, 0.3) is 0 Å². The van der Waals surface area contributed by atoms with Crippen molar-refractivity contribution in [1.82, 2.24) is 16.1 Å². The van der Waals surface area contributed by atoms with Gasteiger partial charge in [-0.3, -0.25) is 10.2 Å². The number of oxime groups is 1. The molecule has 0 saturated carbocycles. The second-order valence-electron chi connectivity index (χ2n) is 6.16. The summed E-state index contributed by atoms with van der Waals surface area (Å²) in [6, 6.07) is 19.8. The summed E-state index contributed by atoms with van der Waals surface area (Å²) in [4.78, 5) is 22.5. The standard InChI is InChI=1S/C20H24N4O3/c25-20-21-18(23-26-13-11-16-7-3-1-4-8-16)15-19(22-20)24-27-14-12-17-9-5-2-6-10-17/h1-10,18,23H,11-15H2,(H2,21,22,24,25). The molecule has 0 spiro atoms. The van der Waals surface area contributed by atoms with Gasteiger partial charge in [-0.05, 0) is 17.5 Å². The van der Waals surface area contributed by atoms with Crippen LogP contribution in [0.15, 0.2) is 65.8 Å². The van der Waals surface area contributed by atoms with Crippen molar-refractivity contribution >= 4 is 11.9 Å². The third-order valence-corrected chi connectivity index (χ3v) is 4.02. The lowest BCUT2D eigenvalue weighted by atomic mass is 10.2. The fourth-order valence-corrected chi connectivity index (χ4v) is 2.66. The molecule has 2 aromatic rings. The van der Waals surface area contributed by atoms with Crippen LogP contribution in [0.25, 0.3) is 0 Å². The lowest BCUT2D eigenvalue weighted by Crippen LogP contribution is -2.57. The molecule has 1 fully saturated rings. The lowest BCUT2D eigenvalue weighted by Gasteiger charge is -2.25. The lowest BCUT2D eigenvalue weighted by molar-refractivity contribution is 0.0123. The minimum absolute atomic E-state index is 0.337. The van der Waals surface area contributed by atoms with Crippen LogP contribution >= 0.6 is 0 Å². The van der Waals surface area contributed by atoms with Crippen molar-refractivity contribution in [1.29, 1.82) is 0 Å². The Morgan fingerprint density at radius 3 is 2.26 bits per heavy atom. The quantitative estimate of drug-likeness (QED) is 0.469. The Morgan fingerprint density at radius 1 is 0.963 bits per heavy atom. The van der Waals surface area contributed by atoms with E-state index in [0.29, 0.717) is 25.5 Å². The van der Waals surface area contributed by atoms with E-state index in [1.807, 2.05) is 60.7 Å². The molecular formula is C20H24N4O3. The van der Waals surface area contributed by atoms with Crippen molar-refractivity contribution in [2.75, 3.05) is 13.2 Å². The third kappa shape index (κ3) is 6.73. The molecule has 1 aliphatic rings. The maximum atomic E-state index is 11.7. The molecule has 0 aliphatic carbocycles. The van der Waals surface area contributed by atoms with Crippen molar-refractivity contribution in [3.05, 3.63) is 71.8 Å². The van der Waals surface area contributed by atoms with Crippen LogP contribution in [0.1, 0.15) is 17.5 Å². The van der Waals surface area contributed by atoms with Crippen molar-refractivity contribution in [3.8, 4) is 0 Å². The molecule has 1 atom stereocenters. The summed E-state index contributed by atoms with van der Waals surface area (Å²) in [5.74, 6) is 0.468. The number of urea groups is 1. The molecule has 0 radical (unpaired) electrons. The Morgan fingerprint density at radius 2 is 1.59 bits per heavy atom. The van der Waals surface area contributed by atoms with Crippen molar-refractivity contribution in [2.45, 2.75) is 25.4 Å². The van der Waals surface area contributed by atoms with Gasteiger partial charge in [0.05, 0.1) is 6.61 Å². The number of hydroxylamine groups is 1. The zero-order valence-corrected chi connectivity index (χ0v) is 15.1. The number of nitrogens with one attached hydrogen (secondary N) is 3. The predicted octanol–water partition coefficient (Wildman–Crippen LogP) is 2.35. The van der Waals surface area contributed by atoms with Gasteiger partial charge >= 0.3 is 6.03 Å². The molecule has 1 unspecified atom stereocenters. The largest absolute Gasteiger partial charge is 0.394 e. The number of carbonyl (C=O) groups excluding carboxylic acids is 1. The van der Waals surface area contributed by atoms with E-state index in [1.54, 1.807) is 0 Å². The molecule has 3 rings (SSSR count). The number of hydrogen-bond acceptors (Lipinski definition) is 5. The van der Waals surface area contributed by atoms with Crippen LogP contribution in [-0.4, -0.2) is 31.2 Å². The van der Waals surface area contributed by atoms with Crippen LogP contribution in [0, 0.1) is 0 Å². The van der Waals surface area contributed by atoms with Crippen LogP contribution in [-0.2, 0) is 22.5 Å². The molecule has 1 heterocycles. The number of amides is 2. The Labute approximate surface area is 158 Å². The average molecular weight is 368 g/mol. The zero-order chi connectivity index (χ0) is 18.7. The number of nitrogens with zero attached hydrogens (tertiary/aromatic N) is 1. The first-order valence-electron chi connectivity index (χ1n) is 9.01. The van der Waals surface area contributed by atoms with Crippen LogP contribution in [0.5, 0.6) is 0 Å². The maximum absolute atomic E-state index is 11.7. The average Bonchev–Trinajstić information content (AvgIpc) is 2.70. The number of hydrogen-bond donors (Lipinski definition) is 3. The van der Waals surface area contributed by atoms with E-state index in [4.69, 9.17) is 9.68 Å². The minimum Gasteiger partial charge on any atom is -0.394 e. The fourth-order valence-electron chi connectivity index (χ4n) is 2.66. The molecule has 27 heavy (non-hydrogen) atoms. The van der Waals surface area contributed by atoms with E-state index in [9.17, 15) is 4.79 Å². The van der Waals surface area contributed by atoms with E-state index in [-0.39, 0.29) is 12.2 Å². The highest BCUT2D eigenvalue weighted by Gasteiger charge is 2.23. The van der Waals surface area contributed by atoms with Gasteiger partial charge in [0, 0.05) is 12.8 Å². The van der Waals surface area contributed by atoms with Gasteiger partial charge in [-0.1, -0.05) is 65.8 Å². The second kappa shape index (κ2) is 10.3. The highest BCUT2D eigenvalue weighted by Crippen LogP contribution is 2.02. The van der Waals surface area contributed by atoms with Crippen molar-refractivity contribution in [3.63, 3.8) is 0 Å². The molecular weight excluding hydrogens is 344 g/mol. The normalized spacial score (nSPS) is 18.0. The zero-order valence-electron chi connectivity index (χ0n) is 15.1. The summed E-state index contributed by atoms with van der Waals surface area (Å²) in [6.45, 7) is 0.951. The summed E-state index contributed by atoms with van der Waals surface area (Å²) in [7, 11) is 0. The molecule has 7 nitrogen and oxygen atoms in total. The topological polar surface area (TPSA) is 84.0 Å². The fraction of sp³-hybridized carbons (Fsp3) is 0.300. The van der Waals surface area contributed by atoms with Gasteiger partial charge in [0.1, 0.15) is 12.8 Å². The van der Waals surface area contributed by atoms with Crippen LogP contribution in [0.3, 0.4) is 0 Å². The smallest absolute Gasteiger partial charge is 0.321 e. The summed E-state index contributed by atoms with van der Waals surface area (Å²) in [5.41, 5.74) is 5.24. The van der Waals surface area contributed by atoms with E-state index in [1.165, 1.54) is 11.1 Å². The highest BCUT2D eigenvalue weighted by atomic mass is 16.6. The first kappa shape index (κ1) is 18.9. The van der Waals surface area contributed by atoms with E-state index in [0.717, 1.165) is 12.8 Å². The summed E-state index contributed by atoms with van der Waals surface area (Å²) in [5, 5.41) is 9.40. The van der Waals surface area contributed by atoms with Gasteiger partial charge in [0.15, 0.2) is 5.84 Å². The van der Waals surface area contributed by atoms with Crippen molar-refractivity contribution in [2.24, 2.45) is 5.16 Å². The molecule has 7 heteroatoms. The minimum atomic E-state index is -0.356. The van der Waals surface area contributed by atoms with Crippen LogP contribution in [0.2, 0.25) is 0 Å². The Kier molecular flexibility index (Phi) is 7.20. The number of benzene rings is 2. The summed E-state index contributed by atoms with van der Waals surface area (Å²) in [6.07, 6.45) is 1.64. The van der Waals surface area contributed by atoms with E-state index < -0.39 is 0 Å². The Bertz CT molecular complexity index is 737. The molecule has 0 aromatic heterocycles. The monoisotopic (exact) mass is 368 g/mol. The molecule has 3 N–H and O–H groups in total. The number of amidine groups is 1. The number of rotatable bonds is 9. The van der Waals surface area contributed by atoms with E-state index >= 15 is 0 Å². The van der Waals surface area contributed by atoms with Gasteiger partial charge in [0.2, 0.25) is 0 Å². The predicted molar refractivity (Wildman–Crippen MR) is 103 cm³/mol. The third-order valence-electron chi connectivity index (χ3n) is 4.02. The SMILES string of the molecule is O=C1N/C(=N\OCCc2ccccc2)CC(NOCCc2ccccc2)N1. The molecule has 1 saturated heterocycles. The highest BCUT2D eigenvalue weighted by molar-refractivity contribution is 5.99. The maximum Gasteiger partial charge on any atom is 0.321 e. The number of carbonyl (C=O) groups is 1. The van der Waals surface area contributed by atoms with Gasteiger partial charge in [-0.25, -0.2) is 4.79 Å². The Balaban J connectivity index is 1.37. The molecule has 1 aliphatic heterocycles. The van der Waals surface area contributed by atoms with Gasteiger partial charge in [-0.2, -0.15) is 5.48 Å². The molecule has 2 aromatic carbocycles. The summed E-state index contributed by atoms with van der Waals surface area (Å²) >= 11 is 0. The molecule has 142 valence electrons. The Hall–Kier alpha value is -2.90. The second-order valence-corrected chi connectivity index (χ2v) is 6.16. The van der Waals surface area contributed by atoms with Crippen LogP contribution in [0.4, 0.5) is 4.79 Å².